The van der Waals surface area contributed by atoms with Crippen molar-refractivity contribution < 1.29 is 0 Å². The van der Waals surface area contributed by atoms with Crippen LogP contribution in [-0.4, -0.2) is 14.6 Å². The molecule has 6 heteroatoms. The van der Waals surface area contributed by atoms with Crippen LogP contribution in [0.25, 0.3) is 5.65 Å². The van der Waals surface area contributed by atoms with E-state index in [9.17, 15) is 0 Å². The van der Waals surface area contributed by atoms with Crippen molar-refractivity contribution in [2.75, 3.05) is 0 Å². The van der Waals surface area contributed by atoms with Crippen LogP contribution in [0.5, 0.6) is 0 Å². The number of imidazole rings is 1. The maximum atomic E-state index is 5.72. The fourth-order valence-electron chi connectivity index (χ4n) is 0.994. The molecule has 0 spiro atoms. The van der Waals surface area contributed by atoms with Crippen LogP contribution < -0.4 is 0 Å². The Bertz CT molecular complexity index is 440. The Labute approximate surface area is 99.0 Å². The number of hydrogen-bond acceptors (Lipinski definition) is 2. The average Bonchev–Trinajstić information content (AvgIpc) is 2.31. The summed E-state index contributed by atoms with van der Waals surface area (Å²) in [6.07, 6.45) is 0. The summed E-state index contributed by atoms with van der Waals surface area (Å²) in [5.74, 6) is 0. The van der Waals surface area contributed by atoms with E-state index in [1.54, 1.807) is 10.6 Å². The molecule has 0 aliphatic heterocycles. The smallest absolute Gasteiger partial charge is 0.155 e. The number of aryl methyl sites for hydroxylation is 1. The zero-order valence-electron chi connectivity index (χ0n) is 6.66. The van der Waals surface area contributed by atoms with Crippen LogP contribution in [0.15, 0.2) is 16.7 Å². The predicted molar refractivity (Wildman–Crippen MR) is 60.8 cm³/mol. The van der Waals surface area contributed by atoms with Gasteiger partial charge in [-0.1, -0.05) is 11.6 Å². The minimum Gasteiger partial charge on any atom is -0.231 e. The monoisotopic (exact) mass is 325 g/mol. The van der Waals surface area contributed by atoms with E-state index in [-0.39, 0.29) is 17.0 Å². The number of rotatable bonds is 0. The molecule has 0 N–H and O–H groups in total. The second-order valence-electron chi connectivity index (χ2n) is 2.41. The third kappa shape index (κ3) is 1.87. The van der Waals surface area contributed by atoms with Gasteiger partial charge in [-0.15, -0.1) is 17.0 Å². The summed E-state index contributed by atoms with van der Waals surface area (Å²) in [4.78, 5) is 4.25. The summed E-state index contributed by atoms with van der Waals surface area (Å²) in [6, 6.07) is 3.54. The Balaban J connectivity index is 0.000000845. The van der Waals surface area contributed by atoms with Crippen molar-refractivity contribution in [2.24, 2.45) is 0 Å². The second-order valence-corrected chi connectivity index (χ2v) is 3.55. The molecule has 70 valence electrons. The van der Waals surface area contributed by atoms with Gasteiger partial charge in [-0.25, -0.2) is 9.50 Å². The highest BCUT2D eigenvalue weighted by Crippen LogP contribution is 2.17. The standard InChI is InChI=1S/C7H5BrClN3.BrH/c1-4-7(8)12-6(10-4)3-2-5(9)11-12;/h2-3H,1H3;1H. The fourth-order valence-corrected chi connectivity index (χ4v) is 1.48. The molecule has 0 saturated heterocycles. The Morgan fingerprint density at radius 2 is 2.15 bits per heavy atom. The highest BCUT2D eigenvalue weighted by molar-refractivity contribution is 9.10. The van der Waals surface area contributed by atoms with Gasteiger partial charge in [-0.3, -0.25) is 0 Å². The van der Waals surface area contributed by atoms with Gasteiger partial charge in [0.15, 0.2) is 5.65 Å². The summed E-state index contributed by atoms with van der Waals surface area (Å²) < 4.78 is 2.51. The molecule has 0 aliphatic carbocycles. The van der Waals surface area contributed by atoms with E-state index >= 15 is 0 Å². The Morgan fingerprint density at radius 1 is 1.46 bits per heavy atom. The van der Waals surface area contributed by atoms with E-state index in [0.717, 1.165) is 15.9 Å². The lowest BCUT2D eigenvalue weighted by Gasteiger charge is -1.93. The van der Waals surface area contributed by atoms with Crippen LogP contribution in [-0.2, 0) is 0 Å². The van der Waals surface area contributed by atoms with E-state index in [1.807, 2.05) is 13.0 Å². The minimum absolute atomic E-state index is 0. The SMILES string of the molecule is Br.Cc1nc2ccc(Cl)nn2c1Br. The number of fused-ring (bicyclic) bond motifs is 1. The Morgan fingerprint density at radius 3 is 2.85 bits per heavy atom. The van der Waals surface area contributed by atoms with Crippen LogP contribution in [0.2, 0.25) is 5.15 Å². The normalized spacial score (nSPS) is 10.1. The van der Waals surface area contributed by atoms with Crippen molar-refractivity contribution in [1.29, 1.82) is 0 Å². The topological polar surface area (TPSA) is 30.2 Å². The van der Waals surface area contributed by atoms with Gasteiger partial charge in [0.25, 0.3) is 0 Å². The largest absolute Gasteiger partial charge is 0.231 e. The average molecular weight is 327 g/mol. The number of halogens is 3. The van der Waals surface area contributed by atoms with Crippen LogP contribution in [0.1, 0.15) is 5.69 Å². The zero-order valence-corrected chi connectivity index (χ0v) is 10.7. The van der Waals surface area contributed by atoms with Crippen LogP contribution in [0, 0.1) is 6.92 Å². The summed E-state index contributed by atoms with van der Waals surface area (Å²) in [7, 11) is 0. The molecule has 13 heavy (non-hydrogen) atoms. The van der Waals surface area contributed by atoms with E-state index < -0.39 is 0 Å². The van der Waals surface area contributed by atoms with Crippen molar-refractivity contribution in [3.05, 3.63) is 27.6 Å². The van der Waals surface area contributed by atoms with Gasteiger partial charge in [-0.05, 0) is 35.0 Å². The van der Waals surface area contributed by atoms with Gasteiger partial charge < -0.3 is 0 Å². The Hall–Kier alpha value is -0.130. The van der Waals surface area contributed by atoms with E-state index in [2.05, 4.69) is 26.0 Å². The summed E-state index contributed by atoms with van der Waals surface area (Å²) >= 11 is 9.08. The van der Waals surface area contributed by atoms with Crippen LogP contribution >= 0.6 is 44.5 Å². The summed E-state index contributed by atoms with van der Waals surface area (Å²) in [5, 5.41) is 4.53. The summed E-state index contributed by atoms with van der Waals surface area (Å²) in [5.41, 5.74) is 1.70. The molecule has 2 rings (SSSR count). The van der Waals surface area contributed by atoms with Crippen molar-refractivity contribution in [3.8, 4) is 0 Å². The van der Waals surface area contributed by atoms with Crippen LogP contribution in [0.4, 0.5) is 0 Å². The van der Waals surface area contributed by atoms with Gasteiger partial charge in [-0.2, -0.15) is 5.10 Å². The van der Waals surface area contributed by atoms with E-state index in [0.29, 0.717) is 5.15 Å². The first-order chi connectivity index (χ1) is 5.68. The molecule has 0 radical (unpaired) electrons. The lowest BCUT2D eigenvalue weighted by Crippen LogP contribution is -1.90. The molecular weight excluding hydrogens is 321 g/mol. The molecule has 3 nitrogen and oxygen atoms in total. The first kappa shape index (κ1) is 10.9. The van der Waals surface area contributed by atoms with Crippen molar-refractivity contribution >= 4 is 50.2 Å². The highest BCUT2D eigenvalue weighted by atomic mass is 79.9. The quantitative estimate of drug-likeness (QED) is 0.744. The minimum atomic E-state index is 0. The maximum Gasteiger partial charge on any atom is 0.155 e. The molecule has 0 aliphatic rings. The predicted octanol–water partition coefficient (Wildman–Crippen LogP) is 3.03. The van der Waals surface area contributed by atoms with Gasteiger partial charge in [0.2, 0.25) is 0 Å². The zero-order chi connectivity index (χ0) is 8.72. The number of nitrogens with zero attached hydrogens (tertiary/aromatic N) is 3. The van der Waals surface area contributed by atoms with E-state index in [1.165, 1.54) is 0 Å². The third-order valence-electron chi connectivity index (χ3n) is 1.55. The lowest BCUT2D eigenvalue weighted by molar-refractivity contribution is 0.913. The van der Waals surface area contributed by atoms with Gasteiger partial charge in [0.1, 0.15) is 9.76 Å². The van der Waals surface area contributed by atoms with Crippen LogP contribution in [0.3, 0.4) is 0 Å². The first-order valence-electron chi connectivity index (χ1n) is 3.36. The summed E-state index contributed by atoms with van der Waals surface area (Å²) in [6.45, 7) is 1.91. The van der Waals surface area contributed by atoms with Crippen molar-refractivity contribution in [2.45, 2.75) is 6.92 Å². The molecule has 2 aromatic heterocycles. The molecule has 2 aromatic rings. The molecule has 0 saturated carbocycles. The molecule has 0 atom stereocenters. The third-order valence-corrected chi connectivity index (χ3v) is 2.66. The highest BCUT2D eigenvalue weighted by Gasteiger charge is 2.05. The molecule has 2 heterocycles. The number of hydrogen-bond donors (Lipinski definition) is 0. The lowest BCUT2D eigenvalue weighted by atomic mass is 10.6. The molecule has 0 bridgehead atoms. The molecular formula is C7H6Br2ClN3. The second kappa shape index (κ2) is 3.94. The molecule has 0 amide bonds. The van der Waals surface area contributed by atoms with Gasteiger partial charge in [0.05, 0.1) is 5.69 Å². The fraction of sp³-hybridized carbons (Fsp3) is 0.143. The molecule has 0 fully saturated rings. The molecule has 0 aromatic carbocycles. The number of aromatic nitrogens is 3. The first-order valence-corrected chi connectivity index (χ1v) is 4.53. The Kier molecular flexibility index (Phi) is 3.32. The van der Waals surface area contributed by atoms with Gasteiger partial charge >= 0.3 is 0 Å². The van der Waals surface area contributed by atoms with E-state index in [4.69, 9.17) is 11.6 Å². The molecule has 0 unspecified atom stereocenters. The van der Waals surface area contributed by atoms with Crippen molar-refractivity contribution in [1.82, 2.24) is 14.6 Å². The maximum absolute atomic E-state index is 5.72. The van der Waals surface area contributed by atoms with Gasteiger partial charge in [0, 0.05) is 0 Å². The van der Waals surface area contributed by atoms with Crippen molar-refractivity contribution in [3.63, 3.8) is 0 Å².